The van der Waals surface area contributed by atoms with Crippen molar-refractivity contribution in [3.63, 3.8) is 0 Å². The van der Waals surface area contributed by atoms with Crippen LogP contribution in [0.25, 0.3) is 0 Å². The van der Waals surface area contributed by atoms with Crippen LogP contribution in [-0.4, -0.2) is 24.0 Å². The van der Waals surface area contributed by atoms with Gasteiger partial charge in [-0.25, -0.2) is 18.1 Å². The van der Waals surface area contributed by atoms with E-state index in [-0.39, 0.29) is 17.5 Å². The van der Waals surface area contributed by atoms with Gasteiger partial charge < -0.3 is 4.57 Å². The molecule has 1 aromatic heterocycles. The zero-order valence-corrected chi connectivity index (χ0v) is 11.7. The Labute approximate surface area is 108 Å². The Morgan fingerprint density at radius 3 is 2.67 bits per heavy atom. The van der Waals surface area contributed by atoms with Crippen LogP contribution >= 0.6 is 0 Å². The van der Waals surface area contributed by atoms with Crippen LogP contribution in [0, 0.1) is 18.3 Å². The number of nitriles is 1. The van der Waals surface area contributed by atoms with E-state index >= 15 is 0 Å². The third-order valence-electron chi connectivity index (χ3n) is 2.72. The summed E-state index contributed by atoms with van der Waals surface area (Å²) in [5.74, 6) is 0.659. The van der Waals surface area contributed by atoms with Gasteiger partial charge in [0.25, 0.3) is 10.0 Å². The lowest BCUT2D eigenvalue weighted by molar-refractivity contribution is 0.540. The molecular weight excluding hydrogens is 252 g/mol. The number of sulfonamides is 1. The Bertz CT molecular complexity index is 542. The van der Waals surface area contributed by atoms with Gasteiger partial charge in [-0.3, -0.25) is 0 Å². The van der Waals surface area contributed by atoms with Crippen molar-refractivity contribution >= 4 is 10.0 Å². The largest absolute Gasteiger partial charge is 0.334 e. The molecule has 0 fully saturated rings. The van der Waals surface area contributed by atoms with Crippen LogP contribution in [0.3, 0.4) is 0 Å². The molecule has 0 spiro atoms. The van der Waals surface area contributed by atoms with E-state index in [9.17, 15) is 8.42 Å². The summed E-state index contributed by atoms with van der Waals surface area (Å²) in [4.78, 5) is 4.03. The Morgan fingerprint density at radius 1 is 1.56 bits per heavy atom. The minimum Gasteiger partial charge on any atom is -0.334 e. The molecule has 0 amide bonds. The number of nitrogens with zero attached hydrogens (tertiary/aromatic N) is 3. The molecule has 0 bridgehead atoms. The van der Waals surface area contributed by atoms with Crippen molar-refractivity contribution in [2.24, 2.45) is 0 Å². The van der Waals surface area contributed by atoms with E-state index < -0.39 is 10.0 Å². The lowest BCUT2D eigenvalue weighted by atomic mass is 10.2. The van der Waals surface area contributed by atoms with E-state index in [0.717, 1.165) is 0 Å². The fraction of sp³-hybridized carbons (Fsp3) is 0.636. The highest BCUT2D eigenvalue weighted by Gasteiger charge is 2.22. The highest BCUT2D eigenvalue weighted by atomic mass is 32.2. The van der Waals surface area contributed by atoms with Crippen LogP contribution in [0.5, 0.6) is 0 Å². The van der Waals surface area contributed by atoms with Crippen LogP contribution < -0.4 is 4.72 Å². The first-order chi connectivity index (χ1) is 8.44. The molecule has 1 rings (SSSR count). The standard InChI is InChI=1S/C11H18N4O2S/c1-4-10(6-7-12)14-18(16,17)11-8-15(5-2)9(3)13-11/h8,10,14H,4-6H2,1-3H3. The van der Waals surface area contributed by atoms with Crippen LogP contribution in [0.15, 0.2) is 11.2 Å². The number of hydrogen-bond acceptors (Lipinski definition) is 4. The summed E-state index contributed by atoms with van der Waals surface area (Å²) in [6, 6.07) is 1.60. The van der Waals surface area contributed by atoms with Gasteiger partial charge in [-0.2, -0.15) is 5.26 Å². The molecule has 1 N–H and O–H groups in total. The monoisotopic (exact) mass is 270 g/mol. The molecule has 0 saturated carbocycles. The summed E-state index contributed by atoms with van der Waals surface area (Å²) in [6.07, 6.45) is 2.24. The summed E-state index contributed by atoms with van der Waals surface area (Å²) in [7, 11) is -3.64. The molecule has 18 heavy (non-hydrogen) atoms. The number of nitrogens with one attached hydrogen (secondary N) is 1. The highest BCUT2D eigenvalue weighted by Crippen LogP contribution is 2.11. The average Bonchev–Trinajstić information content (AvgIpc) is 2.70. The zero-order chi connectivity index (χ0) is 13.8. The van der Waals surface area contributed by atoms with E-state index in [1.54, 1.807) is 11.5 Å². The number of imidazole rings is 1. The summed E-state index contributed by atoms with van der Waals surface area (Å²) in [6.45, 7) is 6.18. The summed E-state index contributed by atoms with van der Waals surface area (Å²) < 4.78 is 28.4. The molecule has 0 saturated heterocycles. The predicted octanol–water partition coefficient (Wildman–Crippen LogP) is 1.18. The molecule has 0 aliphatic heterocycles. The van der Waals surface area contributed by atoms with Gasteiger partial charge >= 0.3 is 0 Å². The minimum atomic E-state index is -3.64. The third kappa shape index (κ3) is 3.31. The van der Waals surface area contributed by atoms with Gasteiger partial charge in [-0.05, 0) is 20.3 Å². The fourth-order valence-electron chi connectivity index (χ4n) is 1.59. The van der Waals surface area contributed by atoms with E-state index in [1.807, 2.05) is 19.9 Å². The molecule has 1 heterocycles. The second-order valence-corrected chi connectivity index (χ2v) is 5.66. The Kier molecular flexibility index (Phi) is 4.87. The predicted molar refractivity (Wildman–Crippen MR) is 67.3 cm³/mol. The molecule has 1 aromatic rings. The summed E-state index contributed by atoms with van der Waals surface area (Å²) in [5, 5.41) is 8.63. The molecule has 6 nitrogen and oxygen atoms in total. The molecular formula is C11H18N4O2S. The molecule has 7 heteroatoms. The Balaban J connectivity index is 2.95. The molecule has 1 atom stereocenters. The van der Waals surface area contributed by atoms with E-state index in [2.05, 4.69) is 9.71 Å². The van der Waals surface area contributed by atoms with Crippen LogP contribution in [0.4, 0.5) is 0 Å². The first-order valence-electron chi connectivity index (χ1n) is 5.87. The first-order valence-corrected chi connectivity index (χ1v) is 7.36. The van der Waals surface area contributed by atoms with Crippen LogP contribution in [0.2, 0.25) is 0 Å². The van der Waals surface area contributed by atoms with E-state index in [0.29, 0.717) is 18.8 Å². The molecule has 0 aliphatic carbocycles. The average molecular weight is 270 g/mol. The number of hydrogen-bond donors (Lipinski definition) is 1. The van der Waals surface area contributed by atoms with Crippen molar-refractivity contribution in [1.82, 2.24) is 14.3 Å². The van der Waals surface area contributed by atoms with Crippen LogP contribution in [-0.2, 0) is 16.6 Å². The van der Waals surface area contributed by atoms with Gasteiger partial charge in [-0.15, -0.1) is 0 Å². The maximum atomic E-state index is 12.1. The lowest BCUT2D eigenvalue weighted by Crippen LogP contribution is -2.34. The SMILES string of the molecule is CCC(CC#N)NS(=O)(=O)c1cn(CC)c(C)n1. The second-order valence-electron chi connectivity index (χ2n) is 4.00. The lowest BCUT2D eigenvalue weighted by Gasteiger charge is -2.12. The second kappa shape index (κ2) is 5.98. The normalized spacial score (nSPS) is 13.2. The van der Waals surface area contributed by atoms with Gasteiger partial charge in [-0.1, -0.05) is 6.92 Å². The highest BCUT2D eigenvalue weighted by molar-refractivity contribution is 7.89. The van der Waals surface area contributed by atoms with Gasteiger partial charge in [0, 0.05) is 18.8 Å². The summed E-state index contributed by atoms with van der Waals surface area (Å²) in [5.41, 5.74) is 0. The number of rotatable bonds is 6. The minimum absolute atomic E-state index is 0.0123. The van der Waals surface area contributed by atoms with E-state index in [1.165, 1.54) is 6.20 Å². The summed E-state index contributed by atoms with van der Waals surface area (Å²) >= 11 is 0. The van der Waals surface area contributed by atoms with Crippen molar-refractivity contribution in [3.05, 3.63) is 12.0 Å². The van der Waals surface area contributed by atoms with Crippen molar-refractivity contribution in [3.8, 4) is 6.07 Å². The molecule has 100 valence electrons. The third-order valence-corrected chi connectivity index (χ3v) is 4.11. The molecule has 0 aromatic carbocycles. The van der Waals surface area contributed by atoms with Crippen molar-refractivity contribution in [2.45, 2.75) is 51.2 Å². The fourth-order valence-corrected chi connectivity index (χ4v) is 2.92. The molecule has 0 radical (unpaired) electrons. The van der Waals surface area contributed by atoms with Gasteiger partial charge in [0.2, 0.25) is 0 Å². The number of aromatic nitrogens is 2. The van der Waals surface area contributed by atoms with Gasteiger partial charge in [0.1, 0.15) is 5.82 Å². The maximum absolute atomic E-state index is 12.1. The van der Waals surface area contributed by atoms with Gasteiger partial charge in [0.05, 0.1) is 12.5 Å². The molecule has 1 unspecified atom stereocenters. The number of aryl methyl sites for hydroxylation is 2. The molecule has 0 aliphatic rings. The van der Waals surface area contributed by atoms with Gasteiger partial charge in [0.15, 0.2) is 5.03 Å². The Hall–Kier alpha value is -1.39. The van der Waals surface area contributed by atoms with Crippen molar-refractivity contribution in [2.75, 3.05) is 0 Å². The van der Waals surface area contributed by atoms with Crippen molar-refractivity contribution < 1.29 is 8.42 Å². The quantitative estimate of drug-likeness (QED) is 0.840. The zero-order valence-electron chi connectivity index (χ0n) is 10.8. The topological polar surface area (TPSA) is 87.8 Å². The van der Waals surface area contributed by atoms with Crippen molar-refractivity contribution in [1.29, 1.82) is 5.26 Å². The van der Waals surface area contributed by atoms with Crippen LogP contribution in [0.1, 0.15) is 32.5 Å². The maximum Gasteiger partial charge on any atom is 0.259 e. The smallest absolute Gasteiger partial charge is 0.259 e. The first kappa shape index (κ1) is 14.7. The Morgan fingerprint density at radius 2 is 2.22 bits per heavy atom. The van der Waals surface area contributed by atoms with E-state index in [4.69, 9.17) is 5.26 Å².